The largest absolute Gasteiger partial charge is 0.420 e. The normalized spacial score (nSPS) is 15.2. The zero-order valence-corrected chi connectivity index (χ0v) is 15.5. The maximum absolute atomic E-state index is 12.2. The SMILES string of the molecule is Cc1ccc2oc(=O)n(Cc3noc(C(=O)NCCN4CCOCC4)n3)c2c1. The number of benzene rings is 1. The number of oxazole rings is 1. The van der Waals surface area contributed by atoms with Crippen LogP contribution < -0.4 is 11.1 Å². The smallest absolute Gasteiger partial charge is 0.408 e. The van der Waals surface area contributed by atoms with Crippen molar-refractivity contribution >= 4 is 17.0 Å². The van der Waals surface area contributed by atoms with Crippen LogP contribution in [-0.4, -0.2) is 64.9 Å². The van der Waals surface area contributed by atoms with Crippen molar-refractivity contribution < 1.29 is 18.5 Å². The van der Waals surface area contributed by atoms with Crippen molar-refractivity contribution in [3.8, 4) is 0 Å². The average molecular weight is 387 g/mol. The Hall–Kier alpha value is -2.98. The fourth-order valence-corrected chi connectivity index (χ4v) is 3.10. The molecular formula is C18H21N5O5. The van der Waals surface area contributed by atoms with Crippen LogP contribution in [0.1, 0.15) is 22.1 Å². The number of hydrogen-bond acceptors (Lipinski definition) is 8. The molecular weight excluding hydrogens is 366 g/mol. The first-order chi connectivity index (χ1) is 13.6. The van der Waals surface area contributed by atoms with E-state index in [9.17, 15) is 9.59 Å². The van der Waals surface area contributed by atoms with Crippen LogP contribution in [0.3, 0.4) is 0 Å². The third-order valence-electron chi connectivity index (χ3n) is 4.60. The second-order valence-corrected chi connectivity index (χ2v) is 6.65. The van der Waals surface area contributed by atoms with Crippen molar-refractivity contribution in [1.82, 2.24) is 24.9 Å². The summed E-state index contributed by atoms with van der Waals surface area (Å²) < 4.78 is 17.0. The fourth-order valence-electron chi connectivity index (χ4n) is 3.10. The zero-order chi connectivity index (χ0) is 19.5. The van der Waals surface area contributed by atoms with Gasteiger partial charge in [0.2, 0.25) is 0 Å². The predicted octanol–water partition coefficient (Wildman–Crippen LogP) is 0.396. The van der Waals surface area contributed by atoms with E-state index in [1.54, 1.807) is 6.07 Å². The Labute approximate surface area is 160 Å². The Balaban J connectivity index is 1.39. The minimum Gasteiger partial charge on any atom is -0.408 e. The number of morpholine rings is 1. The van der Waals surface area contributed by atoms with Gasteiger partial charge in [-0.2, -0.15) is 4.98 Å². The van der Waals surface area contributed by atoms with Crippen molar-refractivity contribution in [2.24, 2.45) is 0 Å². The molecule has 0 radical (unpaired) electrons. The van der Waals surface area contributed by atoms with Crippen molar-refractivity contribution in [3.63, 3.8) is 0 Å². The lowest BCUT2D eigenvalue weighted by Crippen LogP contribution is -2.41. The molecule has 1 amide bonds. The van der Waals surface area contributed by atoms with E-state index in [0.29, 0.717) is 30.9 Å². The summed E-state index contributed by atoms with van der Waals surface area (Å²) >= 11 is 0. The average Bonchev–Trinajstić information content (AvgIpc) is 3.28. The van der Waals surface area contributed by atoms with E-state index in [4.69, 9.17) is 13.7 Å². The molecule has 1 saturated heterocycles. The Kier molecular flexibility index (Phi) is 5.22. The van der Waals surface area contributed by atoms with Crippen molar-refractivity contribution in [2.45, 2.75) is 13.5 Å². The highest BCUT2D eigenvalue weighted by atomic mass is 16.5. The van der Waals surface area contributed by atoms with Gasteiger partial charge in [-0.1, -0.05) is 11.2 Å². The van der Waals surface area contributed by atoms with Gasteiger partial charge >= 0.3 is 17.6 Å². The van der Waals surface area contributed by atoms with Crippen LogP contribution in [0.2, 0.25) is 0 Å². The maximum atomic E-state index is 12.2. The lowest BCUT2D eigenvalue weighted by molar-refractivity contribution is 0.0382. The number of aromatic nitrogens is 3. The van der Waals surface area contributed by atoms with Crippen LogP contribution in [-0.2, 0) is 11.3 Å². The minimum atomic E-state index is -0.512. The van der Waals surface area contributed by atoms with E-state index in [0.717, 1.165) is 25.2 Å². The van der Waals surface area contributed by atoms with Crippen molar-refractivity contribution in [3.05, 3.63) is 46.0 Å². The molecule has 1 fully saturated rings. The Bertz CT molecular complexity index is 1030. The highest BCUT2D eigenvalue weighted by Gasteiger charge is 2.18. The predicted molar refractivity (Wildman–Crippen MR) is 98.2 cm³/mol. The number of carbonyl (C=O) groups is 1. The summed E-state index contributed by atoms with van der Waals surface area (Å²) in [6.45, 7) is 6.31. The molecule has 4 rings (SSSR count). The summed E-state index contributed by atoms with van der Waals surface area (Å²) in [7, 11) is 0. The van der Waals surface area contributed by atoms with Crippen LogP contribution in [0.25, 0.3) is 11.1 Å². The number of ether oxygens (including phenoxy) is 1. The van der Waals surface area contributed by atoms with Gasteiger partial charge in [-0.05, 0) is 24.6 Å². The quantitative estimate of drug-likeness (QED) is 0.646. The molecule has 3 aromatic rings. The molecule has 1 aliphatic heterocycles. The molecule has 3 heterocycles. The number of nitrogens with zero attached hydrogens (tertiary/aromatic N) is 4. The summed E-state index contributed by atoms with van der Waals surface area (Å²) in [5.41, 5.74) is 2.13. The highest BCUT2D eigenvalue weighted by Crippen LogP contribution is 2.15. The summed E-state index contributed by atoms with van der Waals surface area (Å²) in [5, 5.41) is 6.57. The number of amides is 1. The topological polar surface area (TPSA) is 116 Å². The summed E-state index contributed by atoms with van der Waals surface area (Å²) in [4.78, 5) is 30.6. The number of aryl methyl sites for hydroxylation is 1. The third-order valence-corrected chi connectivity index (χ3v) is 4.60. The van der Waals surface area contributed by atoms with Crippen LogP contribution in [0, 0.1) is 6.92 Å². The van der Waals surface area contributed by atoms with Gasteiger partial charge in [0.25, 0.3) is 0 Å². The standard InChI is InChI=1S/C18H21N5O5/c1-12-2-3-14-13(10-12)23(18(25)27-14)11-15-20-17(28-21-15)16(24)19-4-5-22-6-8-26-9-7-22/h2-3,10H,4-9,11H2,1H3,(H,19,24). The molecule has 0 unspecified atom stereocenters. The molecule has 10 nitrogen and oxygen atoms in total. The number of nitrogens with one attached hydrogen (secondary N) is 1. The van der Waals surface area contributed by atoms with E-state index in [-0.39, 0.29) is 18.3 Å². The molecule has 28 heavy (non-hydrogen) atoms. The van der Waals surface area contributed by atoms with Gasteiger partial charge < -0.3 is 19.0 Å². The molecule has 1 N–H and O–H groups in total. The van der Waals surface area contributed by atoms with Gasteiger partial charge in [0, 0.05) is 26.2 Å². The number of carbonyl (C=O) groups excluding carboxylic acids is 1. The van der Waals surface area contributed by atoms with Crippen LogP contribution in [0.15, 0.2) is 31.9 Å². The van der Waals surface area contributed by atoms with E-state index in [1.165, 1.54) is 4.57 Å². The van der Waals surface area contributed by atoms with E-state index >= 15 is 0 Å². The molecule has 148 valence electrons. The molecule has 10 heteroatoms. The highest BCUT2D eigenvalue weighted by molar-refractivity contribution is 5.89. The molecule has 0 saturated carbocycles. The lowest BCUT2D eigenvalue weighted by Gasteiger charge is -2.26. The number of fused-ring (bicyclic) bond motifs is 1. The molecule has 0 bridgehead atoms. The van der Waals surface area contributed by atoms with Gasteiger partial charge in [0.1, 0.15) is 0 Å². The number of rotatable bonds is 6. The summed E-state index contributed by atoms with van der Waals surface area (Å²) in [6.07, 6.45) is 0. The van der Waals surface area contributed by atoms with Crippen LogP contribution in [0.4, 0.5) is 0 Å². The lowest BCUT2D eigenvalue weighted by atomic mass is 10.2. The Morgan fingerprint density at radius 2 is 2.11 bits per heavy atom. The van der Waals surface area contributed by atoms with Crippen LogP contribution >= 0.6 is 0 Å². The van der Waals surface area contributed by atoms with Crippen molar-refractivity contribution in [2.75, 3.05) is 39.4 Å². The first-order valence-electron chi connectivity index (χ1n) is 9.11. The molecule has 0 spiro atoms. The molecule has 2 aromatic heterocycles. The summed E-state index contributed by atoms with van der Waals surface area (Å²) in [5.74, 6) is -0.854. The molecule has 0 atom stereocenters. The Morgan fingerprint density at radius 1 is 1.29 bits per heavy atom. The van der Waals surface area contributed by atoms with Crippen molar-refractivity contribution in [1.29, 1.82) is 0 Å². The second kappa shape index (κ2) is 7.95. The molecule has 1 aliphatic rings. The maximum Gasteiger partial charge on any atom is 0.420 e. The van der Waals surface area contributed by atoms with Gasteiger partial charge in [0.15, 0.2) is 11.4 Å². The third kappa shape index (κ3) is 3.97. The minimum absolute atomic E-state index is 0.0554. The monoisotopic (exact) mass is 387 g/mol. The van der Waals surface area contributed by atoms with E-state index < -0.39 is 11.7 Å². The molecule has 0 aliphatic carbocycles. The fraction of sp³-hybridized carbons (Fsp3) is 0.444. The second-order valence-electron chi connectivity index (χ2n) is 6.65. The number of hydrogen-bond donors (Lipinski definition) is 1. The van der Waals surface area contributed by atoms with Gasteiger partial charge in [-0.3, -0.25) is 14.3 Å². The van der Waals surface area contributed by atoms with E-state index in [1.807, 2.05) is 19.1 Å². The first-order valence-corrected chi connectivity index (χ1v) is 9.11. The first kappa shape index (κ1) is 18.4. The van der Waals surface area contributed by atoms with Gasteiger partial charge in [-0.25, -0.2) is 4.79 Å². The molecule has 1 aromatic carbocycles. The van der Waals surface area contributed by atoms with Gasteiger partial charge in [-0.15, -0.1) is 0 Å². The zero-order valence-electron chi connectivity index (χ0n) is 15.5. The van der Waals surface area contributed by atoms with Gasteiger partial charge in [0.05, 0.1) is 25.3 Å². The van der Waals surface area contributed by atoms with Crippen LogP contribution in [0.5, 0.6) is 0 Å². The summed E-state index contributed by atoms with van der Waals surface area (Å²) in [6, 6.07) is 5.45. The van der Waals surface area contributed by atoms with E-state index in [2.05, 4.69) is 20.4 Å². The Morgan fingerprint density at radius 3 is 2.93 bits per heavy atom.